The normalized spacial score (nSPS) is 13.7. The van der Waals surface area contributed by atoms with E-state index in [0.29, 0.717) is 25.7 Å². The topological polar surface area (TPSA) is 78.9 Å². The van der Waals surface area contributed by atoms with Gasteiger partial charge in [-0.3, -0.25) is 14.4 Å². The molecule has 0 bridgehead atoms. The zero-order chi connectivity index (χ0) is 43.0. The lowest BCUT2D eigenvalue weighted by Crippen LogP contribution is -2.30. The first-order valence-corrected chi connectivity index (χ1v) is 21.8. The molecule has 0 N–H and O–H groups in total. The molecule has 0 radical (unpaired) electrons. The number of unbranched alkanes of at least 4 members (excludes halogenated alkanes) is 7. The Morgan fingerprint density at radius 2 is 0.627 bits per heavy atom. The summed E-state index contributed by atoms with van der Waals surface area (Å²) in [5.74, 6) is -1.15. The molecule has 59 heavy (non-hydrogen) atoms. The van der Waals surface area contributed by atoms with Crippen LogP contribution in [0.3, 0.4) is 0 Å². The maximum absolute atomic E-state index is 12.7. The predicted octanol–water partition coefficient (Wildman–Crippen LogP) is 14.1. The van der Waals surface area contributed by atoms with E-state index >= 15 is 0 Å². The van der Waals surface area contributed by atoms with Crippen molar-refractivity contribution >= 4 is 17.9 Å². The van der Waals surface area contributed by atoms with E-state index in [-0.39, 0.29) is 38.0 Å². The van der Waals surface area contributed by atoms with Crippen LogP contribution in [0.2, 0.25) is 0 Å². The Balaban J connectivity index is 4.71. The molecule has 0 heterocycles. The Morgan fingerprint density at radius 3 is 1.02 bits per heavy atom. The van der Waals surface area contributed by atoms with Gasteiger partial charge in [-0.05, 0) is 64.2 Å². The maximum atomic E-state index is 12.7. The number of hydrogen-bond donors (Lipinski definition) is 0. The van der Waals surface area contributed by atoms with Gasteiger partial charge in [-0.1, -0.05) is 210 Å². The quantitative estimate of drug-likeness (QED) is 0.0275. The zero-order valence-electron chi connectivity index (χ0n) is 36.4. The minimum atomic E-state index is -0.861. The third-order valence-electron chi connectivity index (χ3n) is 8.05. The van der Waals surface area contributed by atoms with Crippen molar-refractivity contribution < 1.29 is 28.6 Å². The summed E-state index contributed by atoms with van der Waals surface area (Å²) in [5.41, 5.74) is 0. The van der Waals surface area contributed by atoms with Gasteiger partial charge < -0.3 is 14.2 Å². The Labute approximate surface area is 358 Å². The molecule has 6 nitrogen and oxygen atoms in total. The van der Waals surface area contributed by atoms with Crippen molar-refractivity contribution in [2.24, 2.45) is 0 Å². The fourth-order valence-electron chi connectivity index (χ4n) is 4.86. The summed E-state index contributed by atoms with van der Waals surface area (Å²) < 4.78 is 16.5. The smallest absolute Gasteiger partial charge is 0.306 e. The molecule has 1 atom stereocenters. The van der Waals surface area contributed by atoms with E-state index in [9.17, 15) is 14.4 Å². The van der Waals surface area contributed by atoms with Crippen LogP contribution >= 0.6 is 0 Å². The average Bonchev–Trinajstić information content (AvgIpc) is 3.23. The molecule has 0 aliphatic carbocycles. The Kier molecular flexibility index (Phi) is 41.4. The Bertz CT molecular complexity index is 1480. The third kappa shape index (κ3) is 43.7. The number of carbonyl (C=O) groups is 3. The van der Waals surface area contributed by atoms with Crippen molar-refractivity contribution in [2.45, 2.75) is 130 Å². The fraction of sp³-hybridized carbons (Fsp3) is 0.415. The van der Waals surface area contributed by atoms with Gasteiger partial charge in [0.15, 0.2) is 6.10 Å². The van der Waals surface area contributed by atoms with E-state index in [0.717, 1.165) is 64.2 Å². The molecule has 0 amide bonds. The molecule has 0 saturated carbocycles. The van der Waals surface area contributed by atoms with Crippen LogP contribution in [-0.4, -0.2) is 37.2 Å². The summed E-state index contributed by atoms with van der Waals surface area (Å²) in [7, 11) is 0. The monoisotopic (exact) mass is 807 g/mol. The van der Waals surface area contributed by atoms with Crippen molar-refractivity contribution in [1.29, 1.82) is 0 Å². The van der Waals surface area contributed by atoms with Crippen LogP contribution in [-0.2, 0) is 28.6 Å². The van der Waals surface area contributed by atoms with E-state index < -0.39 is 12.1 Å². The number of esters is 3. The van der Waals surface area contributed by atoms with Crippen LogP contribution in [0, 0.1) is 0 Å². The molecule has 0 aromatic heterocycles. The van der Waals surface area contributed by atoms with E-state index in [1.807, 2.05) is 140 Å². The summed E-state index contributed by atoms with van der Waals surface area (Å²) >= 11 is 0. The lowest BCUT2D eigenvalue weighted by Gasteiger charge is -2.18. The number of ether oxygens (including phenoxy) is 3. The molecule has 0 spiro atoms. The first-order valence-electron chi connectivity index (χ1n) is 21.8. The van der Waals surface area contributed by atoms with Gasteiger partial charge >= 0.3 is 17.9 Å². The molecule has 322 valence electrons. The van der Waals surface area contributed by atoms with E-state index in [1.54, 1.807) is 0 Å². The number of carbonyl (C=O) groups excluding carboxylic acids is 3. The van der Waals surface area contributed by atoms with Crippen LogP contribution < -0.4 is 0 Å². The lowest BCUT2D eigenvalue weighted by molar-refractivity contribution is -0.167. The summed E-state index contributed by atoms with van der Waals surface area (Å²) in [6.07, 6.45) is 67.8. The summed E-state index contributed by atoms with van der Waals surface area (Å²) in [4.78, 5) is 37.7. The maximum Gasteiger partial charge on any atom is 0.306 e. The van der Waals surface area contributed by atoms with Crippen LogP contribution in [0.15, 0.2) is 170 Å². The number of rotatable bonds is 35. The van der Waals surface area contributed by atoms with Crippen LogP contribution in [0.25, 0.3) is 0 Å². The Hall–Kier alpha value is -5.23. The molecule has 0 aliphatic rings. The van der Waals surface area contributed by atoms with Gasteiger partial charge in [-0.15, -0.1) is 0 Å². The number of hydrogen-bond acceptors (Lipinski definition) is 6. The van der Waals surface area contributed by atoms with Gasteiger partial charge in [0.05, 0.1) is 0 Å². The lowest BCUT2D eigenvalue weighted by atomic mass is 10.1. The van der Waals surface area contributed by atoms with Gasteiger partial charge in [0.2, 0.25) is 0 Å². The highest BCUT2D eigenvalue weighted by atomic mass is 16.6. The summed E-state index contributed by atoms with van der Waals surface area (Å²) in [5, 5.41) is 0. The van der Waals surface area contributed by atoms with E-state index in [4.69, 9.17) is 14.2 Å². The van der Waals surface area contributed by atoms with Gasteiger partial charge in [-0.2, -0.15) is 0 Å². The fourth-order valence-corrected chi connectivity index (χ4v) is 4.86. The average molecular weight is 807 g/mol. The molecule has 0 aromatic rings. The largest absolute Gasteiger partial charge is 0.462 e. The van der Waals surface area contributed by atoms with Crippen LogP contribution in [0.5, 0.6) is 0 Å². The molecule has 6 heteroatoms. The predicted molar refractivity (Wildman–Crippen MR) is 251 cm³/mol. The molecule has 0 rings (SSSR count). The second kappa shape index (κ2) is 45.5. The molecular formula is C53H74O6. The zero-order valence-corrected chi connectivity index (χ0v) is 36.4. The molecular weight excluding hydrogens is 733 g/mol. The minimum Gasteiger partial charge on any atom is -0.462 e. The number of allylic oxidation sites excluding steroid dienone is 28. The first-order chi connectivity index (χ1) is 29.0. The van der Waals surface area contributed by atoms with Crippen molar-refractivity contribution in [3.63, 3.8) is 0 Å². The highest BCUT2D eigenvalue weighted by Crippen LogP contribution is 2.10. The van der Waals surface area contributed by atoms with Crippen molar-refractivity contribution in [2.75, 3.05) is 13.2 Å². The van der Waals surface area contributed by atoms with Gasteiger partial charge in [-0.25, -0.2) is 0 Å². The SMILES string of the molecule is CC/C=C/C=C/C=C/C=C/C=C/CCCC(=O)OCC(COC(=O)CCCCCCC/C=C/C=C/C=C/C=C/CC)OC(=O)CCC/C=C/C=C/C=C/C=C/C=C/CC. The van der Waals surface area contributed by atoms with E-state index in [1.165, 1.54) is 0 Å². The van der Waals surface area contributed by atoms with E-state index in [2.05, 4.69) is 51.2 Å². The second-order valence-corrected chi connectivity index (χ2v) is 13.4. The molecule has 0 saturated heterocycles. The Morgan fingerprint density at radius 1 is 0.339 bits per heavy atom. The van der Waals surface area contributed by atoms with Crippen molar-refractivity contribution in [3.05, 3.63) is 170 Å². The van der Waals surface area contributed by atoms with Crippen LogP contribution in [0.1, 0.15) is 124 Å². The first kappa shape index (κ1) is 53.8. The highest BCUT2D eigenvalue weighted by molar-refractivity contribution is 5.71. The van der Waals surface area contributed by atoms with Gasteiger partial charge in [0.1, 0.15) is 13.2 Å². The minimum absolute atomic E-state index is 0.152. The molecule has 0 aromatic carbocycles. The molecule has 0 fully saturated rings. The van der Waals surface area contributed by atoms with Crippen molar-refractivity contribution in [3.8, 4) is 0 Å². The summed E-state index contributed by atoms with van der Waals surface area (Å²) in [6, 6.07) is 0. The molecule has 0 aliphatic heterocycles. The van der Waals surface area contributed by atoms with Crippen LogP contribution in [0.4, 0.5) is 0 Å². The second-order valence-electron chi connectivity index (χ2n) is 13.4. The van der Waals surface area contributed by atoms with Gasteiger partial charge in [0.25, 0.3) is 0 Å². The standard InChI is InChI=1S/C53H74O6/c1-4-7-10-13-16-19-22-25-26-29-31-34-37-40-43-46-52(55)58-49-50(59-53(56)47-44-41-38-35-32-28-24-21-18-15-12-9-6-3)48-57-51(54)45-42-39-36-33-30-27-23-20-17-14-11-8-5-2/h7-28,30,32-33,35-36,38,50H,4-6,29,31,34,37,39-49H2,1-3H3/b10-7+,11-8+,12-9+,16-13+,17-14+,18-15+,22-19+,23-20+,24-21+,26-25+,30-27+,32-28+,36-33+,38-35+. The molecule has 1 unspecified atom stereocenters. The van der Waals surface area contributed by atoms with Gasteiger partial charge in [0, 0.05) is 19.3 Å². The third-order valence-corrected chi connectivity index (χ3v) is 8.05. The summed E-state index contributed by atoms with van der Waals surface area (Å²) in [6.45, 7) is 6.00. The highest BCUT2D eigenvalue weighted by Gasteiger charge is 2.19. The van der Waals surface area contributed by atoms with Crippen molar-refractivity contribution in [1.82, 2.24) is 0 Å².